The Bertz CT molecular complexity index is 1360. The smallest absolute Gasteiger partial charge is 0.329 e. The minimum absolute atomic E-state index is 0.00879. The maximum Gasteiger partial charge on any atom is 0.416 e. The van der Waals surface area contributed by atoms with Crippen LogP contribution < -0.4 is 10.9 Å². The minimum atomic E-state index is -4.55. The largest absolute Gasteiger partial charge is 0.416 e. The van der Waals surface area contributed by atoms with Gasteiger partial charge in [0.05, 0.1) is 29.2 Å². The van der Waals surface area contributed by atoms with E-state index in [1.807, 2.05) is 0 Å². The van der Waals surface area contributed by atoms with E-state index in [4.69, 9.17) is 0 Å². The first-order valence-corrected chi connectivity index (χ1v) is 9.21. The average molecular weight is 431 g/mol. The third-order valence-corrected chi connectivity index (χ3v) is 4.58. The fraction of sp³-hybridized carbons (Fsp3) is 0.263. The Hall–Kier alpha value is -3.83. The fourth-order valence-electron chi connectivity index (χ4n) is 3.12. The first-order chi connectivity index (χ1) is 14.6. The molecule has 0 spiro atoms. The van der Waals surface area contributed by atoms with Gasteiger partial charge in [0.2, 0.25) is 11.9 Å². The summed E-state index contributed by atoms with van der Waals surface area (Å²) >= 11 is 0. The van der Waals surface area contributed by atoms with E-state index in [2.05, 4.69) is 30.4 Å². The molecule has 9 nitrogen and oxygen atoms in total. The first kappa shape index (κ1) is 20.4. The molecule has 31 heavy (non-hydrogen) atoms. The summed E-state index contributed by atoms with van der Waals surface area (Å²) in [5.74, 6) is -0.893. The van der Waals surface area contributed by atoms with Crippen molar-refractivity contribution in [3.63, 3.8) is 0 Å². The summed E-state index contributed by atoms with van der Waals surface area (Å²) in [4.78, 5) is 40.1. The number of H-pyrrole nitrogens is 1. The van der Waals surface area contributed by atoms with Crippen LogP contribution in [-0.4, -0.2) is 35.6 Å². The SMILES string of the molecule is CC(C)c1nn(CC(=O)Nc2ncc3nc[nH]c3n2)c(=O)c2ccc(C(F)(F)F)cc12. The van der Waals surface area contributed by atoms with E-state index in [9.17, 15) is 22.8 Å². The molecule has 160 valence electrons. The molecule has 1 amide bonds. The van der Waals surface area contributed by atoms with E-state index in [0.29, 0.717) is 11.2 Å². The number of alkyl halides is 3. The second-order valence-electron chi connectivity index (χ2n) is 7.14. The maximum atomic E-state index is 13.1. The van der Waals surface area contributed by atoms with Crippen molar-refractivity contribution in [2.45, 2.75) is 32.5 Å². The zero-order valence-electron chi connectivity index (χ0n) is 16.4. The molecule has 0 aliphatic carbocycles. The summed E-state index contributed by atoms with van der Waals surface area (Å²) in [7, 11) is 0. The standard InChI is InChI=1S/C19H16F3N7O2/c1-9(2)15-12-5-10(19(20,21)22)3-4-11(12)17(31)29(28-15)7-14(30)26-18-23-6-13-16(27-18)25-8-24-13/h3-6,8-9H,7H2,1-2H3,(H2,23,24,25,26,27,30). The number of rotatable bonds is 4. The van der Waals surface area contributed by atoms with Crippen molar-refractivity contribution in [1.82, 2.24) is 29.7 Å². The van der Waals surface area contributed by atoms with Gasteiger partial charge in [-0.25, -0.2) is 14.6 Å². The van der Waals surface area contributed by atoms with Crippen LogP contribution in [0.15, 0.2) is 35.5 Å². The van der Waals surface area contributed by atoms with Crippen LogP contribution in [0.4, 0.5) is 19.1 Å². The Morgan fingerprint density at radius 3 is 2.71 bits per heavy atom. The van der Waals surface area contributed by atoms with Gasteiger partial charge in [0.15, 0.2) is 5.65 Å². The molecule has 2 N–H and O–H groups in total. The number of anilines is 1. The van der Waals surface area contributed by atoms with Crippen LogP contribution in [0, 0.1) is 0 Å². The van der Waals surface area contributed by atoms with Gasteiger partial charge in [0.1, 0.15) is 12.1 Å². The van der Waals surface area contributed by atoms with Gasteiger partial charge < -0.3 is 4.98 Å². The molecular weight excluding hydrogens is 415 g/mol. The highest BCUT2D eigenvalue weighted by molar-refractivity contribution is 5.90. The molecule has 1 aromatic carbocycles. The number of carbonyl (C=O) groups excluding carboxylic acids is 1. The number of halogens is 3. The summed E-state index contributed by atoms with van der Waals surface area (Å²) in [6, 6.07) is 2.86. The third kappa shape index (κ3) is 3.96. The number of carbonyl (C=O) groups is 1. The number of aromatic amines is 1. The van der Waals surface area contributed by atoms with Gasteiger partial charge in [-0.1, -0.05) is 13.8 Å². The number of hydrogen-bond acceptors (Lipinski definition) is 6. The molecule has 0 saturated carbocycles. The number of nitrogens with one attached hydrogen (secondary N) is 2. The topological polar surface area (TPSA) is 118 Å². The summed E-state index contributed by atoms with van der Waals surface area (Å²) in [5, 5.41) is 6.79. The molecule has 3 aromatic heterocycles. The van der Waals surface area contributed by atoms with E-state index in [1.165, 1.54) is 12.5 Å². The lowest BCUT2D eigenvalue weighted by atomic mass is 10.0. The molecule has 0 radical (unpaired) electrons. The maximum absolute atomic E-state index is 13.1. The number of hydrogen-bond donors (Lipinski definition) is 2. The van der Waals surface area contributed by atoms with Gasteiger partial charge in [-0.05, 0) is 24.1 Å². The van der Waals surface area contributed by atoms with Gasteiger partial charge in [0, 0.05) is 5.39 Å². The van der Waals surface area contributed by atoms with Gasteiger partial charge in [0.25, 0.3) is 5.56 Å². The van der Waals surface area contributed by atoms with Crippen molar-refractivity contribution >= 4 is 33.8 Å². The first-order valence-electron chi connectivity index (χ1n) is 9.21. The van der Waals surface area contributed by atoms with E-state index < -0.39 is 29.8 Å². The number of imidazole rings is 1. The van der Waals surface area contributed by atoms with Crippen LogP contribution in [-0.2, 0) is 17.5 Å². The van der Waals surface area contributed by atoms with Crippen molar-refractivity contribution in [3.8, 4) is 0 Å². The van der Waals surface area contributed by atoms with Crippen LogP contribution in [0.1, 0.15) is 31.0 Å². The summed E-state index contributed by atoms with van der Waals surface area (Å²) in [6.45, 7) is 3.02. The number of amides is 1. The normalized spacial score (nSPS) is 12.1. The number of nitrogens with zero attached hydrogens (tertiary/aromatic N) is 5. The van der Waals surface area contributed by atoms with Gasteiger partial charge in [-0.3, -0.25) is 14.9 Å². The molecule has 4 aromatic rings. The van der Waals surface area contributed by atoms with Crippen LogP contribution in [0.5, 0.6) is 0 Å². The van der Waals surface area contributed by atoms with Crippen LogP contribution in [0.25, 0.3) is 21.9 Å². The van der Waals surface area contributed by atoms with Gasteiger partial charge in [-0.2, -0.15) is 23.3 Å². The second-order valence-corrected chi connectivity index (χ2v) is 7.14. The third-order valence-electron chi connectivity index (χ3n) is 4.58. The van der Waals surface area contributed by atoms with Gasteiger partial charge >= 0.3 is 6.18 Å². The highest BCUT2D eigenvalue weighted by atomic mass is 19.4. The molecule has 0 unspecified atom stereocenters. The predicted molar refractivity (Wildman–Crippen MR) is 105 cm³/mol. The predicted octanol–water partition coefficient (Wildman–Crippen LogP) is 2.84. The van der Waals surface area contributed by atoms with Crippen molar-refractivity contribution in [2.24, 2.45) is 0 Å². The molecule has 0 aliphatic rings. The molecule has 4 rings (SSSR count). The molecule has 3 heterocycles. The summed E-state index contributed by atoms with van der Waals surface area (Å²) < 4.78 is 40.3. The monoisotopic (exact) mass is 431 g/mol. The van der Waals surface area contributed by atoms with Crippen LogP contribution in [0.2, 0.25) is 0 Å². The Labute approximate surface area is 172 Å². The fourth-order valence-corrected chi connectivity index (χ4v) is 3.12. The summed E-state index contributed by atoms with van der Waals surface area (Å²) in [6.07, 6.45) is -1.70. The van der Waals surface area contributed by atoms with E-state index >= 15 is 0 Å². The molecule has 0 bridgehead atoms. The van der Waals surface area contributed by atoms with Crippen molar-refractivity contribution in [1.29, 1.82) is 0 Å². The Kier molecular flexibility index (Phi) is 4.91. The van der Waals surface area contributed by atoms with Crippen LogP contribution >= 0.6 is 0 Å². The van der Waals surface area contributed by atoms with E-state index in [-0.39, 0.29) is 28.3 Å². The zero-order valence-corrected chi connectivity index (χ0v) is 16.4. The number of aromatic nitrogens is 6. The van der Waals surface area contributed by atoms with Crippen molar-refractivity contribution in [2.75, 3.05) is 5.32 Å². The number of fused-ring (bicyclic) bond motifs is 2. The second kappa shape index (κ2) is 7.45. The van der Waals surface area contributed by atoms with Crippen LogP contribution in [0.3, 0.4) is 0 Å². The van der Waals surface area contributed by atoms with E-state index in [1.54, 1.807) is 13.8 Å². The van der Waals surface area contributed by atoms with Gasteiger partial charge in [-0.15, -0.1) is 0 Å². The number of benzene rings is 1. The molecule has 0 fully saturated rings. The minimum Gasteiger partial charge on any atom is -0.329 e. The molecule has 12 heteroatoms. The molecule has 0 aliphatic heterocycles. The average Bonchev–Trinajstić information content (AvgIpc) is 3.16. The lowest BCUT2D eigenvalue weighted by Crippen LogP contribution is -2.31. The lowest BCUT2D eigenvalue weighted by Gasteiger charge is -2.15. The summed E-state index contributed by atoms with van der Waals surface area (Å²) in [5.41, 5.74) is -0.319. The highest BCUT2D eigenvalue weighted by Gasteiger charge is 2.31. The Morgan fingerprint density at radius 1 is 1.23 bits per heavy atom. The molecular formula is C19H16F3N7O2. The zero-order chi connectivity index (χ0) is 22.3. The van der Waals surface area contributed by atoms with Crippen molar-refractivity contribution < 1.29 is 18.0 Å². The Morgan fingerprint density at radius 2 is 2.00 bits per heavy atom. The lowest BCUT2D eigenvalue weighted by molar-refractivity contribution is -0.137. The quantitative estimate of drug-likeness (QED) is 0.513. The van der Waals surface area contributed by atoms with E-state index in [0.717, 1.165) is 22.9 Å². The molecule has 0 atom stereocenters. The highest BCUT2D eigenvalue weighted by Crippen LogP contribution is 2.32. The van der Waals surface area contributed by atoms with Crippen molar-refractivity contribution in [3.05, 3.63) is 52.3 Å². The molecule has 0 saturated heterocycles. The Balaban J connectivity index is 1.68.